The fraction of sp³-hybridized carbons (Fsp3) is 0.208. The van der Waals surface area contributed by atoms with E-state index < -0.39 is 0 Å². The van der Waals surface area contributed by atoms with Gasteiger partial charge in [0, 0.05) is 55.4 Å². The quantitative estimate of drug-likeness (QED) is 0.417. The van der Waals surface area contributed by atoms with Crippen molar-refractivity contribution < 1.29 is 9.21 Å². The van der Waals surface area contributed by atoms with Crippen LogP contribution in [0.5, 0.6) is 0 Å². The molecule has 6 rings (SSSR count). The molecule has 170 valence electrons. The van der Waals surface area contributed by atoms with Crippen molar-refractivity contribution in [3.8, 4) is 17.1 Å². The molecular weight excluding hydrogens is 434 g/mol. The maximum atomic E-state index is 12.3. The van der Waals surface area contributed by atoms with E-state index in [-0.39, 0.29) is 17.4 Å². The summed E-state index contributed by atoms with van der Waals surface area (Å²) >= 11 is 0. The SMILES string of the molecule is CNc1ncc(-c2nc3cc(-n4c(=O)ccn4C)ccc3o2)c2cc(NC(=O)C3CC3)ncc12. The summed E-state index contributed by atoms with van der Waals surface area (Å²) in [6.07, 6.45) is 6.91. The van der Waals surface area contributed by atoms with E-state index in [1.807, 2.05) is 18.2 Å². The lowest BCUT2D eigenvalue weighted by molar-refractivity contribution is -0.117. The third-order valence-electron chi connectivity index (χ3n) is 6.01. The first-order valence-electron chi connectivity index (χ1n) is 10.9. The number of benzene rings is 1. The zero-order valence-electron chi connectivity index (χ0n) is 18.6. The van der Waals surface area contributed by atoms with E-state index in [2.05, 4.69) is 25.6 Å². The molecule has 0 saturated heterocycles. The molecule has 5 aromatic rings. The molecule has 0 unspecified atom stereocenters. The minimum Gasteiger partial charge on any atom is -0.436 e. The minimum absolute atomic E-state index is 0.0124. The van der Waals surface area contributed by atoms with Crippen LogP contribution in [0, 0.1) is 5.92 Å². The first kappa shape index (κ1) is 20.2. The van der Waals surface area contributed by atoms with Crippen LogP contribution < -0.4 is 16.2 Å². The van der Waals surface area contributed by atoms with Gasteiger partial charge in [-0.25, -0.2) is 19.6 Å². The molecule has 2 N–H and O–H groups in total. The number of pyridine rings is 2. The van der Waals surface area contributed by atoms with Crippen LogP contribution in [-0.2, 0) is 11.8 Å². The highest BCUT2D eigenvalue weighted by Crippen LogP contribution is 2.35. The van der Waals surface area contributed by atoms with Gasteiger partial charge in [-0.2, -0.15) is 0 Å². The van der Waals surface area contributed by atoms with Gasteiger partial charge in [-0.3, -0.25) is 14.3 Å². The van der Waals surface area contributed by atoms with Crippen LogP contribution >= 0.6 is 0 Å². The van der Waals surface area contributed by atoms with E-state index >= 15 is 0 Å². The molecule has 10 nitrogen and oxygen atoms in total. The number of carbonyl (C=O) groups is 1. The van der Waals surface area contributed by atoms with Gasteiger partial charge in [0.1, 0.15) is 17.2 Å². The van der Waals surface area contributed by atoms with E-state index in [4.69, 9.17) is 4.42 Å². The van der Waals surface area contributed by atoms with Crippen LogP contribution in [0.15, 0.2) is 58.1 Å². The molecular formula is C24H21N7O3. The van der Waals surface area contributed by atoms with Crippen molar-refractivity contribution in [1.29, 1.82) is 0 Å². The van der Waals surface area contributed by atoms with Crippen molar-refractivity contribution in [2.45, 2.75) is 12.8 Å². The summed E-state index contributed by atoms with van der Waals surface area (Å²) < 4.78 is 9.32. The minimum atomic E-state index is -0.128. The maximum Gasteiger partial charge on any atom is 0.271 e. The average molecular weight is 455 g/mol. The van der Waals surface area contributed by atoms with E-state index in [0.717, 1.165) is 23.6 Å². The van der Waals surface area contributed by atoms with E-state index in [1.54, 1.807) is 48.1 Å². The number of aromatic nitrogens is 5. The van der Waals surface area contributed by atoms with E-state index in [1.165, 1.54) is 6.07 Å². The summed E-state index contributed by atoms with van der Waals surface area (Å²) in [6, 6.07) is 8.74. The number of fused-ring (bicyclic) bond motifs is 2. The van der Waals surface area contributed by atoms with Gasteiger partial charge >= 0.3 is 0 Å². The Morgan fingerprint density at radius 2 is 1.97 bits per heavy atom. The summed E-state index contributed by atoms with van der Waals surface area (Å²) in [5, 5.41) is 7.55. The van der Waals surface area contributed by atoms with Crippen LogP contribution in [-0.4, -0.2) is 37.3 Å². The van der Waals surface area contributed by atoms with Gasteiger partial charge in [-0.1, -0.05) is 0 Å². The number of oxazole rings is 1. The van der Waals surface area contributed by atoms with Crippen LogP contribution in [0.25, 0.3) is 39.0 Å². The van der Waals surface area contributed by atoms with E-state index in [9.17, 15) is 9.59 Å². The Morgan fingerprint density at radius 3 is 2.71 bits per heavy atom. The van der Waals surface area contributed by atoms with Crippen molar-refractivity contribution in [2.75, 3.05) is 17.7 Å². The summed E-state index contributed by atoms with van der Waals surface area (Å²) in [5.41, 5.74) is 2.43. The number of amides is 1. The molecule has 0 aliphatic heterocycles. The molecule has 1 fully saturated rings. The van der Waals surface area contributed by atoms with Crippen molar-refractivity contribution >= 4 is 39.4 Å². The topological polar surface area (TPSA) is 120 Å². The Kier molecular flexibility index (Phi) is 4.47. The van der Waals surface area contributed by atoms with Crippen molar-refractivity contribution in [1.82, 2.24) is 24.3 Å². The van der Waals surface area contributed by atoms with Gasteiger partial charge in [0.25, 0.3) is 5.56 Å². The lowest BCUT2D eigenvalue weighted by atomic mass is 10.1. The predicted octanol–water partition coefficient (Wildman–Crippen LogP) is 3.32. The third-order valence-corrected chi connectivity index (χ3v) is 6.01. The fourth-order valence-corrected chi connectivity index (χ4v) is 4.08. The highest BCUT2D eigenvalue weighted by atomic mass is 16.3. The number of hydrogen-bond acceptors (Lipinski definition) is 7. The second kappa shape index (κ2) is 7.55. The average Bonchev–Trinajstić information content (AvgIpc) is 3.53. The number of nitrogens with zero attached hydrogens (tertiary/aromatic N) is 5. The molecule has 4 heterocycles. The molecule has 1 saturated carbocycles. The number of aryl methyl sites for hydroxylation is 1. The second-order valence-electron chi connectivity index (χ2n) is 8.36. The van der Waals surface area contributed by atoms with Gasteiger partial charge in [0.15, 0.2) is 5.58 Å². The van der Waals surface area contributed by atoms with Crippen LogP contribution in [0.3, 0.4) is 0 Å². The van der Waals surface area contributed by atoms with Crippen LogP contribution in [0.2, 0.25) is 0 Å². The Hall–Kier alpha value is -4.47. The Labute approximate surface area is 193 Å². The molecule has 0 radical (unpaired) electrons. The standard InChI is InChI=1S/C24H21N7O3/c1-25-22-16-11-26-20(29-23(33)13-3-4-13)10-15(16)17(12-27-22)24-28-18-9-14(5-6-19(18)34-24)31-21(32)7-8-30(31)2/h5-13H,3-4H2,1-2H3,(H,25,27)(H,26,29,33). The van der Waals surface area contributed by atoms with Gasteiger partial charge < -0.3 is 15.1 Å². The second-order valence-corrected chi connectivity index (χ2v) is 8.36. The number of anilines is 2. The number of hydrogen-bond donors (Lipinski definition) is 2. The highest BCUT2D eigenvalue weighted by molar-refractivity contribution is 6.03. The van der Waals surface area contributed by atoms with Gasteiger partial charge in [-0.15, -0.1) is 0 Å². The summed E-state index contributed by atoms with van der Waals surface area (Å²) in [7, 11) is 3.59. The lowest BCUT2D eigenvalue weighted by Crippen LogP contribution is -2.18. The van der Waals surface area contributed by atoms with Crippen molar-refractivity contribution in [2.24, 2.45) is 13.0 Å². The molecule has 4 aromatic heterocycles. The zero-order chi connectivity index (χ0) is 23.4. The molecule has 1 amide bonds. The Bertz CT molecular complexity index is 1640. The first-order valence-corrected chi connectivity index (χ1v) is 10.9. The number of carbonyl (C=O) groups excluding carboxylic acids is 1. The maximum absolute atomic E-state index is 12.3. The molecule has 1 aliphatic carbocycles. The molecule has 0 atom stereocenters. The smallest absolute Gasteiger partial charge is 0.271 e. The van der Waals surface area contributed by atoms with E-state index in [0.29, 0.717) is 39.9 Å². The molecule has 34 heavy (non-hydrogen) atoms. The van der Waals surface area contributed by atoms with Gasteiger partial charge in [0.05, 0.1) is 11.3 Å². The predicted molar refractivity (Wildman–Crippen MR) is 128 cm³/mol. The number of rotatable bonds is 5. The number of nitrogens with one attached hydrogen (secondary N) is 2. The largest absolute Gasteiger partial charge is 0.436 e. The lowest BCUT2D eigenvalue weighted by Gasteiger charge is -2.10. The molecule has 0 bridgehead atoms. The van der Waals surface area contributed by atoms with Gasteiger partial charge in [-0.05, 0) is 37.1 Å². The normalized spacial score (nSPS) is 13.5. The van der Waals surface area contributed by atoms with Crippen molar-refractivity contribution in [3.05, 3.63) is 59.3 Å². The van der Waals surface area contributed by atoms with Crippen molar-refractivity contribution in [3.63, 3.8) is 0 Å². The van der Waals surface area contributed by atoms with Crippen LogP contribution in [0.4, 0.5) is 11.6 Å². The Morgan fingerprint density at radius 1 is 1.12 bits per heavy atom. The van der Waals surface area contributed by atoms with Crippen LogP contribution in [0.1, 0.15) is 12.8 Å². The molecule has 1 aromatic carbocycles. The monoisotopic (exact) mass is 455 g/mol. The Balaban J connectivity index is 1.47. The van der Waals surface area contributed by atoms with Gasteiger partial charge in [0.2, 0.25) is 11.8 Å². The first-order chi connectivity index (χ1) is 16.5. The zero-order valence-corrected chi connectivity index (χ0v) is 18.6. The molecule has 0 spiro atoms. The molecule has 10 heteroatoms. The highest BCUT2D eigenvalue weighted by Gasteiger charge is 2.30. The fourth-order valence-electron chi connectivity index (χ4n) is 4.08. The summed E-state index contributed by atoms with van der Waals surface area (Å²) in [5.74, 6) is 1.58. The third kappa shape index (κ3) is 3.31. The molecule has 1 aliphatic rings. The summed E-state index contributed by atoms with van der Waals surface area (Å²) in [6.45, 7) is 0. The summed E-state index contributed by atoms with van der Waals surface area (Å²) in [4.78, 5) is 38.0.